The molecule has 0 aliphatic carbocycles. The zero-order valence-corrected chi connectivity index (χ0v) is 21.4. The van der Waals surface area contributed by atoms with E-state index in [0.29, 0.717) is 23.1 Å². The molecule has 186 valence electrons. The van der Waals surface area contributed by atoms with Crippen molar-refractivity contribution in [2.45, 2.75) is 26.4 Å². The maximum Gasteiger partial charge on any atom is 0.244 e. The van der Waals surface area contributed by atoms with E-state index in [0.717, 1.165) is 16.1 Å². The van der Waals surface area contributed by atoms with Crippen LogP contribution in [0.25, 0.3) is 0 Å². The van der Waals surface area contributed by atoms with E-state index in [9.17, 15) is 18.0 Å². The molecule has 2 aromatic rings. The van der Waals surface area contributed by atoms with E-state index in [1.165, 1.54) is 31.3 Å². The SMILES string of the molecule is CCNC(=O)C(C)N(Cc1ccc(Cl)cc1)C(=O)CN(c1ccc(OC)c(OC)c1)S(C)(=O)=O. The van der Waals surface area contributed by atoms with Gasteiger partial charge in [-0.15, -0.1) is 0 Å². The summed E-state index contributed by atoms with van der Waals surface area (Å²) in [6.07, 6.45) is 1.01. The second-order valence-electron chi connectivity index (χ2n) is 7.53. The van der Waals surface area contributed by atoms with Gasteiger partial charge in [-0.3, -0.25) is 13.9 Å². The topological polar surface area (TPSA) is 105 Å². The van der Waals surface area contributed by atoms with Crippen molar-refractivity contribution in [1.82, 2.24) is 10.2 Å². The average molecular weight is 512 g/mol. The minimum absolute atomic E-state index is 0.0951. The van der Waals surface area contributed by atoms with Gasteiger partial charge in [0.15, 0.2) is 11.5 Å². The van der Waals surface area contributed by atoms with Gasteiger partial charge in [-0.25, -0.2) is 8.42 Å². The molecule has 2 aromatic carbocycles. The zero-order valence-electron chi connectivity index (χ0n) is 19.9. The fraction of sp³-hybridized carbons (Fsp3) is 0.391. The highest BCUT2D eigenvalue weighted by Gasteiger charge is 2.30. The van der Waals surface area contributed by atoms with Gasteiger partial charge in [0.05, 0.1) is 26.2 Å². The lowest BCUT2D eigenvalue weighted by atomic mass is 10.1. The number of hydrogen-bond donors (Lipinski definition) is 1. The van der Waals surface area contributed by atoms with Gasteiger partial charge in [0.1, 0.15) is 12.6 Å². The van der Waals surface area contributed by atoms with Crippen molar-refractivity contribution >= 4 is 39.1 Å². The maximum absolute atomic E-state index is 13.4. The number of benzene rings is 2. The first kappa shape index (κ1) is 27.3. The molecule has 1 unspecified atom stereocenters. The molecule has 0 spiro atoms. The summed E-state index contributed by atoms with van der Waals surface area (Å²) < 4.78 is 36.7. The number of hydrogen-bond acceptors (Lipinski definition) is 6. The van der Waals surface area contributed by atoms with Crippen LogP contribution in [0.3, 0.4) is 0 Å². The van der Waals surface area contributed by atoms with Crippen LogP contribution in [0, 0.1) is 0 Å². The Morgan fingerprint density at radius 3 is 2.21 bits per heavy atom. The third-order valence-electron chi connectivity index (χ3n) is 5.12. The van der Waals surface area contributed by atoms with Crippen LogP contribution >= 0.6 is 11.6 Å². The van der Waals surface area contributed by atoms with Gasteiger partial charge in [-0.05, 0) is 43.7 Å². The number of carbonyl (C=O) groups is 2. The lowest BCUT2D eigenvalue weighted by molar-refractivity contribution is -0.139. The number of amides is 2. The quantitative estimate of drug-likeness (QED) is 0.497. The number of carbonyl (C=O) groups excluding carboxylic acids is 2. The number of likely N-dealkylation sites (N-methyl/N-ethyl adjacent to an activating group) is 1. The van der Waals surface area contributed by atoms with Crippen LogP contribution in [-0.4, -0.2) is 64.7 Å². The molecule has 0 fully saturated rings. The van der Waals surface area contributed by atoms with Crippen LogP contribution in [0.1, 0.15) is 19.4 Å². The normalized spacial score (nSPS) is 11.9. The summed E-state index contributed by atoms with van der Waals surface area (Å²) in [5, 5.41) is 3.24. The van der Waals surface area contributed by atoms with Gasteiger partial charge < -0.3 is 19.7 Å². The van der Waals surface area contributed by atoms with Gasteiger partial charge in [0.2, 0.25) is 21.8 Å². The molecule has 0 bridgehead atoms. The Labute approximate surface area is 205 Å². The predicted molar refractivity (Wildman–Crippen MR) is 132 cm³/mol. The fourth-order valence-electron chi connectivity index (χ4n) is 3.28. The minimum Gasteiger partial charge on any atom is -0.493 e. The Hall–Kier alpha value is -2.98. The number of halogens is 1. The van der Waals surface area contributed by atoms with Crippen molar-refractivity contribution in [2.24, 2.45) is 0 Å². The summed E-state index contributed by atoms with van der Waals surface area (Å²) in [5.74, 6) is -0.161. The summed E-state index contributed by atoms with van der Waals surface area (Å²) in [5.41, 5.74) is 0.969. The average Bonchev–Trinajstić information content (AvgIpc) is 2.80. The van der Waals surface area contributed by atoms with Gasteiger partial charge in [0.25, 0.3) is 0 Å². The van der Waals surface area contributed by atoms with Crippen molar-refractivity contribution in [3.63, 3.8) is 0 Å². The van der Waals surface area contributed by atoms with Crippen molar-refractivity contribution in [2.75, 3.05) is 37.9 Å². The summed E-state index contributed by atoms with van der Waals surface area (Å²) in [4.78, 5) is 27.3. The molecular weight excluding hydrogens is 482 g/mol. The Morgan fingerprint density at radius 2 is 1.68 bits per heavy atom. The highest BCUT2D eigenvalue weighted by atomic mass is 35.5. The molecule has 34 heavy (non-hydrogen) atoms. The van der Waals surface area contributed by atoms with Crippen molar-refractivity contribution in [3.8, 4) is 11.5 Å². The molecule has 9 nitrogen and oxygen atoms in total. The van der Waals surface area contributed by atoms with Crippen LogP contribution in [0.15, 0.2) is 42.5 Å². The standard InChI is InChI=1S/C23H30ClN3O6S/c1-6-25-23(29)16(2)26(14-17-7-9-18(24)10-8-17)22(28)15-27(34(5,30)31)19-11-12-20(32-3)21(13-19)33-4/h7-13,16H,6,14-15H2,1-5H3,(H,25,29). The van der Waals surface area contributed by atoms with Gasteiger partial charge in [-0.2, -0.15) is 0 Å². The molecule has 1 atom stereocenters. The molecule has 0 aliphatic heterocycles. The van der Waals surface area contributed by atoms with E-state index in [4.69, 9.17) is 21.1 Å². The van der Waals surface area contributed by atoms with Crippen molar-refractivity contribution in [1.29, 1.82) is 0 Å². The predicted octanol–water partition coefficient (Wildman–Crippen LogP) is 2.68. The second kappa shape index (κ2) is 11.9. The van der Waals surface area contributed by atoms with E-state index >= 15 is 0 Å². The Bertz CT molecular complexity index is 1110. The summed E-state index contributed by atoms with van der Waals surface area (Å²) in [6.45, 7) is 3.36. The molecular formula is C23H30ClN3O6S. The van der Waals surface area contributed by atoms with Crippen LogP contribution in [0.4, 0.5) is 5.69 Å². The number of nitrogens with zero attached hydrogens (tertiary/aromatic N) is 2. The molecule has 1 N–H and O–H groups in total. The fourth-order valence-corrected chi connectivity index (χ4v) is 4.25. The van der Waals surface area contributed by atoms with Gasteiger partial charge in [0, 0.05) is 24.2 Å². The summed E-state index contributed by atoms with van der Waals surface area (Å²) >= 11 is 5.96. The third-order valence-corrected chi connectivity index (χ3v) is 6.51. The van der Waals surface area contributed by atoms with Crippen LogP contribution in [0.5, 0.6) is 11.5 Å². The first-order valence-electron chi connectivity index (χ1n) is 10.5. The van der Waals surface area contributed by atoms with Crippen molar-refractivity contribution < 1.29 is 27.5 Å². The summed E-state index contributed by atoms with van der Waals surface area (Å²) in [6, 6.07) is 10.6. The number of methoxy groups -OCH3 is 2. The largest absolute Gasteiger partial charge is 0.493 e. The second-order valence-corrected chi connectivity index (χ2v) is 9.87. The number of sulfonamides is 1. The number of ether oxygens (including phenoxy) is 2. The van der Waals surface area contributed by atoms with E-state index in [2.05, 4.69) is 5.32 Å². The molecule has 2 amide bonds. The molecule has 0 saturated carbocycles. The monoisotopic (exact) mass is 511 g/mol. The number of rotatable bonds is 11. The van der Waals surface area contributed by atoms with Crippen LogP contribution in [0.2, 0.25) is 5.02 Å². The zero-order chi connectivity index (χ0) is 25.5. The van der Waals surface area contributed by atoms with Gasteiger partial charge >= 0.3 is 0 Å². The molecule has 0 heterocycles. The lowest BCUT2D eigenvalue weighted by Gasteiger charge is -2.31. The highest BCUT2D eigenvalue weighted by molar-refractivity contribution is 7.92. The third kappa shape index (κ3) is 7.01. The van der Waals surface area contributed by atoms with E-state index < -0.39 is 28.5 Å². The molecule has 0 radical (unpaired) electrons. The first-order valence-corrected chi connectivity index (χ1v) is 12.8. The van der Waals surface area contributed by atoms with Crippen LogP contribution in [-0.2, 0) is 26.2 Å². The molecule has 0 saturated heterocycles. The number of nitrogens with one attached hydrogen (secondary N) is 1. The Morgan fingerprint density at radius 1 is 1.06 bits per heavy atom. The Kier molecular flexibility index (Phi) is 9.57. The maximum atomic E-state index is 13.4. The van der Waals surface area contributed by atoms with E-state index in [1.54, 1.807) is 44.2 Å². The lowest BCUT2D eigenvalue weighted by Crippen LogP contribution is -2.51. The minimum atomic E-state index is -3.85. The van der Waals surface area contributed by atoms with E-state index in [-0.39, 0.29) is 18.1 Å². The molecule has 0 aromatic heterocycles. The van der Waals surface area contributed by atoms with Crippen molar-refractivity contribution in [3.05, 3.63) is 53.1 Å². The highest BCUT2D eigenvalue weighted by Crippen LogP contribution is 2.32. The first-order chi connectivity index (χ1) is 16.0. The Balaban J connectivity index is 2.42. The van der Waals surface area contributed by atoms with Crippen LogP contribution < -0.4 is 19.1 Å². The summed E-state index contributed by atoms with van der Waals surface area (Å²) in [7, 11) is -0.959. The molecule has 11 heteroatoms. The number of anilines is 1. The molecule has 2 rings (SSSR count). The van der Waals surface area contributed by atoms with E-state index in [1.807, 2.05) is 0 Å². The molecule has 0 aliphatic rings. The van der Waals surface area contributed by atoms with Gasteiger partial charge in [-0.1, -0.05) is 23.7 Å². The smallest absolute Gasteiger partial charge is 0.244 e.